The standard InChI is InChI=1S/C18H23N3O3/c1-2-18(12-22)6-9-21(10-7-18)17(24)16(23)20-14-3-4-15-13(11-14)5-8-19-15/h3-5,8,11,19,22H,2,6-7,9-10,12H2,1H3,(H,20,23). The topological polar surface area (TPSA) is 85.4 Å². The number of aromatic amines is 1. The van der Waals surface area contributed by atoms with Crippen molar-refractivity contribution >= 4 is 28.4 Å². The zero-order chi connectivity index (χ0) is 17.2. The van der Waals surface area contributed by atoms with E-state index in [9.17, 15) is 14.7 Å². The number of aliphatic hydroxyl groups excluding tert-OH is 1. The number of nitrogens with one attached hydrogen (secondary N) is 2. The normalized spacial score (nSPS) is 17.0. The first-order chi connectivity index (χ1) is 11.6. The summed E-state index contributed by atoms with van der Waals surface area (Å²) in [7, 11) is 0. The lowest BCUT2D eigenvalue weighted by Crippen LogP contribution is -2.48. The predicted molar refractivity (Wildman–Crippen MR) is 92.6 cm³/mol. The Morgan fingerprint density at radius 3 is 2.71 bits per heavy atom. The molecule has 1 fully saturated rings. The average molecular weight is 329 g/mol. The van der Waals surface area contributed by atoms with Gasteiger partial charge in [0.2, 0.25) is 0 Å². The van der Waals surface area contributed by atoms with Crippen LogP contribution < -0.4 is 5.32 Å². The molecule has 1 aromatic carbocycles. The largest absolute Gasteiger partial charge is 0.396 e. The van der Waals surface area contributed by atoms with Crippen LogP contribution in [-0.2, 0) is 9.59 Å². The number of anilines is 1. The number of amides is 2. The summed E-state index contributed by atoms with van der Waals surface area (Å²) in [6, 6.07) is 7.39. The van der Waals surface area contributed by atoms with Gasteiger partial charge in [0, 0.05) is 42.5 Å². The van der Waals surface area contributed by atoms with Gasteiger partial charge >= 0.3 is 11.8 Å². The fourth-order valence-corrected chi connectivity index (χ4v) is 3.27. The first-order valence-corrected chi connectivity index (χ1v) is 8.35. The minimum absolute atomic E-state index is 0.105. The smallest absolute Gasteiger partial charge is 0.313 e. The van der Waals surface area contributed by atoms with Crippen LogP contribution in [0.3, 0.4) is 0 Å². The molecule has 0 aliphatic carbocycles. The van der Waals surface area contributed by atoms with E-state index in [1.165, 1.54) is 0 Å². The molecule has 6 heteroatoms. The Hall–Kier alpha value is -2.34. The van der Waals surface area contributed by atoms with Gasteiger partial charge in [-0.05, 0) is 48.9 Å². The van der Waals surface area contributed by atoms with Gasteiger partial charge < -0.3 is 20.3 Å². The summed E-state index contributed by atoms with van der Waals surface area (Å²) < 4.78 is 0. The molecule has 0 saturated carbocycles. The molecule has 0 radical (unpaired) electrons. The molecular formula is C18H23N3O3. The Labute approximate surface area is 140 Å². The molecule has 128 valence electrons. The molecular weight excluding hydrogens is 306 g/mol. The number of likely N-dealkylation sites (tertiary alicyclic amines) is 1. The van der Waals surface area contributed by atoms with E-state index in [2.05, 4.69) is 17.2 Å². The number of fused-ring (bicyclic) bond motifs is 1. The summed E-state index contributed by atoms with van der Waals surface area (Å²) in [5.41, 5.74) is 1.48. The number of nitrogens with zero attached hydrogens (tertiary/aromatic N) is 1. The summed E-state index contributed by atoms with van der Waals surface area (Å²) in [5, 5.41) is 13.2. The number of aliphatic hydroxyl groups is 1. The SMILES string of the molecule is CCC1(CO)CCN(C(=O)C(=O)Nc2ccc3[nH]ccc3c2)CC1. The number of carbonyl (C=O) groups excluding carboxylic acids is 2. The Morgan fingerprint density at radius 1 is 1.29 bits per heavy atom. The van der Waals surface area contributed by atoms with Crippen LogP contribution in [0.2, 0.25) is 0 Å². The summed E-state index contributed by atoms with van der Waals surface area (Å²) in [5.74, 6) is -1.12. The third kappa shape index (κ3) is 3.14. The molecule has 1 aliphatic heterocycles. The van der Waals surface area contributed by atoms with Crippen molar-refractivity contribution in [1.29, 1.82) is 0 Å². The van der Waals surface area contributed by atoms with Crippen LogP contribution in [0.25, 0.3) is 10.9 Å². The van der Waals surface area contributed by atoms with E-state index in [0.29, 0.717) is 18.8 Å². The minimum Gasteiger partial charge on any atom is -0.396 e. The predicted octanol–water partition coefficient (Wildman–Crippen LogP) is 2.12. The zero-order valence-electron chi connectivity index (χ0n) is 13.8. The fourth-order valence-electron chi connectivity index (χ4n) is 3.27. The first-order valence-electron chi connectivity index (χ1n) is 8.35. The molecule has 24 heavy (non-hydrogen) atoms. The molecule has 2 amide bonds. The number of hydrogen-bond acceptors (Lipinski definition) is 3. The summed E-state index contributed by atoms with van der Waals surface area (Å²) in [6.07, 6.45) is 4.17. The minimum atomic E-state index is -0.613. The van der Waals surface area contributed by atoms with Gasteiger partial charge in [0.15, 0.2) is 0 Å². The maximum absolute atomic E-state index is 12.3. The van der Waals surface area contributed by atoms with E-state index < -0.39 is 11.8 Å². The Bertz CT molecular complexity index is 739. The third-order valence-corrected chi connectivity index (χ3v) is 5.20. The van der Waals surface area contributed by atoms with Crippen molar-refractivity contribution in [2.45, 2.75) is 26.2 Å². The van der Waals surface area contributed by atoms with Crippen LogP contribution in [0.4, 0.5) is 5.69 Å². The number of H-pyrrole nitrogens is 1. The molecule has 3 N–H and O–H groups in total. The van der Waals surface area contributed by atoms with E-state index in [0.717, 1.165) is 30.2 Å². The van der Waals surface area contributed by atoms with Crippen molar-refractivity contribution in [2.75, 3.05) is 25.0 Å². The second-order valence-corrected chi connectivity index (χ2v) is 6.54. The van der Waals surface area contributed by atoms with E-state index in [1.807, 2.05) is 24.4 Å². The highest BCUT2D eigenvalue weighted by molar-refractivity contribution is 6.39. The zero-order valence-corrected chi connectivity index (χ0v) is 13.8. The van der Waals surface area contributed by atoms with Gasteiger partial charge in [-0.1, -0.05) is 6.92 Å². The summed E-state index contributed by atoms with van der Waals surface area (Å²) >= 11 is 0. The molecule has 6 nitrogen and oxygen atoms in total. The van der Waals surface area contributed by atoms with Crippen molar-refractivity contribution in [3.8, 4) is 0 Å². The number of hydrogen-bond donors (Lipinski definition) is 3. The van der Waals surface area contributed by atoms with Crippen LogP contribution in [0.1, 0.15) is 26.2 Å². The van der Waals surface area contributed by atoms with Crippen molar-refractivity contribution in [1.82, 2.24) is 9.88 Å². The van der Waals surface area contributed by atoms with Crippen molar-refractivity contribution in [3.63, 3.8) is 0 Å². The van der Waals surface area contributed by atoms with E-state index in [-0.39, 0.29) is 12.0 Å². The molecule has 3 rings (SSSR count). The Balaban J connectivity index is 1.62. The lowest BCUT2D eigenvalue weighted by molar-refractivity contribution is -0.145. The van der Waals surface area contributed by atoms with Gasteiger partial charge in [-0.15, -0.1) is 0 Å². The lowest BCUT2D eigenvalue weighted by atomic mass is 9.77. The molecule has 0 atom stereocenters. The maximum Gasteiger partial charge on any atom is 0.313 e. The van der Waals surface area contributed by atoms with Gasteiger partial charge in [0.05, 0.1) is 0 Å². The van der Waals surface area contributed by atoms with Crippen LogP contribution in [-0.4, -0.2) is 46.5 Å². The van der Waals surface area contributed by atoms with Gasteiger partial charge in [-0.2, -0.15) is 0 Å². The Kier molecular flexibility index (Phi) is 4.57. The summed E-state index contributed by atoms with van der Waals surface area (Å²) in [4.78, 5) is 29.2. The van der Waals surface area contributed by atoms with Crippen molar-refractivity contribution in [3.05, 3.63) is 30.5 Å². The van der Waals surface area contributed by atoms with E-state index in [4.69, 9.17) is 0 Å². The first kappa shape index (κ1) is 16.5. The number of carbonyl (C=O) groups is 2. The van der Waals surface area contributed by atoms with Gasteiger partial charge in [0.25, 0.3) is 0 Å². The van der Waals surface area contributed by atoms with Gasteiger partial charge in [0.1, 0.15) is 0 Å². The highest BCUT2D eigenvalue weighted by Gasteiger charge is 2.35. The number of piperidine rings is 1. The van der Waals surface area contributed by atoms with Crippen LogP contribution >= 0.6 is 0 Å². The second-order valence-electron chi connectivity index (χ2n) is 6.54. The van der Waals surface area contributed by atoms with Crippen LogP contribution in [0, 0.1) is 5.41 Å². The highest BCUT2D eigenvalue weighted by atomic mass is 16.3. The number of benzene rings is 1. The molecule has 2 heterocycles. The molecule has 0 spiro atoms. The van der Waals surface area contributed by atoms with Crippen LogP contribution in [0.5, 0.6) is 0 Å². The van der Waals surface area contributed by atoms with Crippen molar-refractivity contribution in [2.24, 2.45) is 5.41 Å². The number of rotatable bonds is 3. The van der Waals surface area contributed by atoms with E-state index >= 15 is 0 Å². The lowest BCUT2D eigenvalue weighted by Gasteiger charge is -2.39. The molecule has 0 bridgehead atoms. The summed E-state index contributed by atoms with van der Waals surface area (Å²) in [6.45, 7) is 3.21. The quantitative estimate of drug-likeness (QED) is 0.754. The van der Waals surface area contributed by atoms with Gasteiger partial charge in [-0.3, -0.25) is 9.59 Å². The van der Waals surface area contributed by atoms with E-state index in [1.54, 1.807) is 11.0 Å². The van der Waals surface area contributed by atoms with Crippen LogP contribution in [0.15, 0.2) is 30.5 Å². The molecule has 1 aromatic heterocycles. The maximum atomic E-state index is 12.3. The monoisotopic (exact) mass is 329 g/mol. The fraction of sp³-hybridized carbons (Fsp3) is 0.444. The van der Waals surface area contributed by atoms with Gasteiger partial charge in [-0.25, -0.2) is 0 Å². The van der Waals surface area contributed by atoms with Crippen molar-refractivity contribution < 1.29 is 14.7 Å². The third-order valence-electron chi connectivity index (χ3n) is 5.20. The molecule has 0 unspecified atom stereocenters. The highest BCUT2D eigenvalue weighted by Crippen LogP contribution is 2.34. The molecule has 1 saturated heterocycles. The average Bonchev–Trinajstić information content (AvgIpc) is 3.09. The second kappa shape index (κ2) is 6.65. The molecule has 2 aromatic rings. The number of aromatic nitrogens is 1. The Morgan fingerprint density at radius 2 is 2.04 bits per heavy atom. The molecule has 1 aliphatic rings.